The summed E-state index contributed by atoms with van der Waals surface area (Å²) in [7, 11) is 0. The van der Waals surface area contributed by atoms with E-state index in [0.29, 0.717) is 62.0 Å². The molecule has 1 atom stereocenters. The van der Waals surface area contributed by atoms with Gasteiger partial charge in [0, 0.05) is 11.5 Å². The quantitative estimate of drug-likeness (QED) is 0.284. The number of aliphatic hydroxyl groups is 2. The molecule has 1 aliphatic carbocycles. The van der Waals surface area contributed by atoms with Gasteiger partial charge in [0.2, 0.25) is 0 Å². The zero-order valence-electron chi connectivity index (χ0n) is 22.1. The summed E-state index contributed by atoms with van der Waals surface area (Å²) >= 11 is 0. The molecule has 0 spiro atoms. The van der Waals surface area contributed by atoms with Crippen LogP contribution < -0.4 is 4.74 Å². The molecule has 0 radical (unpaired) electrons. The maximum absolute atomic E-state index is 13.8. The van der Waals surface area contributed by atoms with E-state index < -0.39 is 22.9 Å². The van der Waals surface area contributed by atoms with Crippen molar-refractivity contribution in [2.45, 2.75) is 72.6 Å². The van der Waals surface area contributed by atoms with E-state index in [4.69, 9.17) is 4.74 Å². The zero-order chi connectivity index (χ0) is 27.2. The predicted octanol–water partition coefficient (Wildman–Crippen LogP) is 7.96. The number of aliphatic hydroxyl groups excluding tert-OH is 2. The van der Waals surface area contributed by atoms with Crippen molar-refractivity contribution in [1.29, 1.82) is 0 Å². The number of carbonyl (C=O) groups excluding carboxylic acids is 2. The largest absolute Gasteiger partial charge is 0.511 e. The second kappa shape index (κ2) is 12.2. The van der Waals surface area contributed by atoms with Gasteiger partial charge >= 0.3 is 0 Å². The molecule has 6 heteroatoms. The smallest absolute Gasteiger partial charge is 0.183 e. The first-order valence-corrected chi connectivity index (χ1v) is 13.2. The average Bonchev–Trinajstić information content (AvgIpc) is 2.88. The van der Waals surface area contributed by atoms with E-state index >= 15 is 0 Å². The molecule has 198 valence electrons. The third kappa shape index (κ3) is 5.95. The molecular weight excluding hydrogens is 471 g/mol. The summed E-state index contributed by atoms with van der Waals surface area (Å²) in [5.74, 6) is -1.13. The SMILES string of the molecule is CCCC1=C(O)C(CCC)(CCC)C(=O)C(C(=O)C(C)Cc2ccc(Oc3ccc(F)cc3)cc2)=C1O. The molecule has 0 heterocycles. The van der Waals surface area contributed by atoms with Gasteiger partial charge in [-0.25, -0.2) is 4.39 Å². The van der Waals surface area contributed by atoms with Gasteiger partial charge in [-0.05, 0) is 67.6 Å². The van der Waals surface area contributed by atoms with Crippen LogP contribution in [0.5, 0.6) is 11.5 Å². The molecule has 0 fully saturated rings. The molecule has 1 aliphatic rings. The first-order valence-electron chi connectivity index (χ1n) is 13.2. The van der Waals surface area contributed by atoms with Crippen molar-refractivity contribution < 1.29 is 28.9 Å². The van der Waals surface area contributed by atoms with Gasteiger partial charge in [0.1, 0.15) is 34.4 Å². The van der Waals surface area contributed by atoms with E-state index in [0.717, 1.165) is 5.56 Å². The predicted molar refractivity (Wildman–Crippen MR) is 142 cm³/mol. The standard InChI is InChI=1S/C31H37FO5/c1-5-8-25-28(34)26(30(36)31(17-6-2,18-7-3)29(25)35)27(33)20(4)19-21-9-13-23(14-10-21)37-24-15-11-22(32)12-16-24/h9-16,20,34-35H,5-8,17-19H2,1-4H3. The molecule has 2 aromatic carbocycles. The van der Waals surface area contributed by atoms with Gasteiger partial charge in [0.15, 0.2) is 11.6 Å². The summed E-state index contributed by atoms with van der Waals surface area (Å²) in [5, 5.41) is 22.2. The van der Waals surface area contributed by atoms with E-state index in [9.17, 15) is 24.2 Å². The van der Waals surface area contributed by atoms with E-state index in [1.165, 1.54) is 12.1 Å². The van der Waals surface area contributed by atoms with E-state index in [2.05, 4.69) is 0 Å². The van der Waals surface area contributed by atoms with Crippen LogP contribution in [0.25, 0.3) is 0 Å². The van der Waals surface area contributed by atoms with Gasteiger partial charge in [-0.2, -0.15) is 0 Å². The second-order valence-electron chi connectivity index (χ2n) is 9.88. The molecule has 0 bridgehead atoms. The van der Waals surface area contributed by atoms with Gasteiger partial charge in [-0.15, -0.1) is 0 Å². The van der Waals surface area contributed by atoms with Gasteiger partial charge in [-0.1, -0.05) is 59.1 Å². The van der Waals surface area contributed by atoms with Crippen molar-refractivity contribution in [1.82, 2.24) is 0 Å². The highest BCUT2D eigenvalue weighted by atomic mass is 19.1. The van der Waals surface area contributed by atoms with Crippen molar-refractivity contribution in [3.05, 3.63) is 82.6 Å². The molecule has 5 nitrogen and oxygen atoms in total. The van der Waals surface area contributed by atoms with Crippen LogP contribution in [0.2, 0.25) is 0 Å². The fourth-order valence-electron chi connectivity index (χ4n) is 5.19. The lowest BCUT2D eigenvalue weighted by Crippen LogP contribution is -2.42. The minimum Gasteiger partial charge on any atom is -0.511 e. The summed E-state index contributed by atoms with van der Waals surface area (Å²) in [6.45, 7) is 7.57. The highest BCUT2D eigenvalue weighted by molar-refractivity contribution is 6.24. The lowest BCUT2D eigenvalue weighted by molar-refractivity contribution is -0.130. The Hall–Kier alpha value is -3.41. The zero-order valence-corrected chi connectivity index (χ0v) is 22.1. The second-order valence-corrected chi connectivity index (χ2v) is 9.88. The maximum atomic E-state index is 13.8. The topological polar surface area (TPSA) is 83.8 Å². The summed E-state index contributed by atoms with van der Waals surface area (Å²) in [6, 6.07) is 13.0. The summed E-state index contributed by atoms with van der Waals surface area (Å²) in [6.07, 6.45) is 3.60. The molecule has 3 rings (SSSR count). The number of allylic oxidation sites excluding steroid dienone is 3. The Morgan fingerprint density at radius 3 is 1.97 bits per heavy atom. The Kier molecular flexibility index (Phi) is 9.30. The van der Waals surface area contributed by atoms with Gasteiger partial charge in [0.25, 0.3) is 0 Å². The summed E-state index contributed by atoms with van der Waals surface area (Å²) < 4.78 is 18.8. The Morgan fingerprint density at radius 2 is 1.46 bits per heavy atom. The molecule has 0 saturated carbocycles. The van der Waals surface area contributed by atoms with Crippen LogP contribution in [0.1, 0.15) is 71.8 Å². The summed E-state index contributed by atoms with van der Waals surface area (Å²) in [5.41, 5.74) is -0.144. The van der Waals surface area contributed by atoms with E-state index in [1.807, 2.05) is 32.9 Å². The molecule has 2 N–H and O–H groups in total. The van der Waals surface area contributed by atoms with Gasteiger partial charge < -0.3 is 14.9 Å². The van der Waals surface area contributed by atoms with E-state index in [1.54, 1.807) is 31.2 Å². The number of ketones is 2. The molecule has 2 aromatic rings. The highest BCUT2D eigenvalue weighted by Gasteiger charge is 2.50. The molecule has 0 aromatic heterocycles. The monoisotopic (exact) mass is 508 g/mol. The third-order valence-electron chi connectivity index (χ3n) is 6.99. The molecule has 0 amide bonds. The van der Waals surface area contributed by atoms with Crippen LogP contribution in [-0.4, -0.2) is 21.8 Å². The Morgan fingerprint density at radius 1 is 0.919 bits per heavy atom. The minimum atomic E-state index is -1.16. The number of hydrogen-bond donors (Lipinski definition) is 2. The van der Waals surface area contributed by atoms with Gasteiger partial charge in [-0.3, -0.25) is 9.59 Å². The fourth-order valence-corrected chi connectivity index (χ4v) is 5.19. The first-order chi connectivity index (χ1) is 17.7. The number of halogens is 1. The van der Waals surface area contributed by atoms with Crippen molar-refractivity contribution >= 4 is 11.6 Å². The average molecular weight is 509 g/mol. The number of benzene rings is 2. The van der Waals surface area contributed by atoms with Crippen molar-refractivity contribution in [2.24, 2.45) is 11.3 Å². The normalized spacial score (nSPS) is 16.2. The number of carbonyl (C=O) groups is 2. The first kappa shape index (κ1) is 28.2. The van der Waals surface area contributed by atoms with Crippen LogP contribution in [0.3, 0.4) is 0 Å². The van der Waals surface area contributed by atoms with Crippen LogP contribution in [0, 0.1) is 17.2 Å². The Bertz CT molecular complexity index is 1170. The van der Waals surface area contributed by atoms with Crippen molar-refractivity contribution in [3.8, 4) is 11.5 Å². The fraction of sp³-hybridized carbons (Fsp3) is 0.419. The molecule has 1 unspecified atom stereocenters. The van der Waals surface area contributed by atoms with Crippen LogP contribution in [0.15, 0.2) is 71.2 Å². The van der Waals surface area contributed by atoms with E-state index in [-0.39, 0.29) is 22.9 Å². The van der Waals surface area contributed by atoms with Crippen LogP contribution in [-0.2, 0) is 16.0 Å². The number of Topliss-reactive ketones (excluding diaryl/α,β-unsaturated/α-hetero) is 2. The highest BCUT2D eigenvalue weighted by Crippen LogP contribution is 2.47. The number of ether oxygens (including phenoxy) is 1. The minimum absolute atomic E-state index is 0.0681. The molecular formula is C31H37FO5. The Labute approximate surface area is 218 Å². The lowest BCUT2D eigenvalue weighted by atomic mass is 9.65. The molecule has 0 aliphatic heterocycles. The number of rotatable bonds is 12. The maximum Gasteiger partial charge on any atom is 0.183 e. The molecule has 37 heavy (non-hydrogen) atoms. The van der Waals surface area contributed by atoms with Gasteiger partial charge in [0.05, 0.1) is 5.41 Å². The lowest BCUT2D eigenvalue weighted by Gasteiger charge is -2.37. The van der Waals surface area contributed by atoms with Crippen molar-refractivity contribution in [2.75, 3.05) is 0 Å². The molecule has 0 saturated heterocycles. The third-order valence-corrected chi connectivity index (χ3v) is 6.99. The Balaban J connectivity index is 1.84. The van der Waals surface area contributed by atoms with Crippen molar-refractivity contribution in [3.63, 3.8) is 0 Å². The van der Waals surface area contributed by atoms with Crippen LogP contribution in [0.4, 0.5) is 4.39 Å². The van der Waals surface area contributed by atoms with Crippen LogP contribution >= 0.6 is 0 Å². The number of hydrogen-bond acceptors (Lipinski definition) is 5. The summed E-state index contributed by atoms with van der Waals surface area (Å²) in [4.78, 5) is 27.4.